The summed E-state index contributed by atoms with van der Waals surface area (Å²) in [4.78, 5) is 10.7. The van der Waals surface area contributed by atoms with E-state index in [1.165, 1.54) is 12.8 Å². The Morgan fingerprint density at radius 1 is 1.40 bits per heavy atom. The molecule has 1 N–H and O–H groups in total. The first-order chi connectivity index (χ1) is 9.70. The highest BCUT2D eigenvalue weighted by Crippen LogP contribution is 2.35. The lowest BCUT2D eigenvalue weighted by atomic mass is 10.1. The standard InChI is InChI=1S/C16H20O4/c1-2-19-14-9-5-6-12(10-11-15(17)18)16(14)20-13-7-3-4-8-13/h5-6,9-11,13H,2-4,7-8H2,1H3,(H,17,18). The van der Waals surface area contributed by atoms with E-state index in [9.17, 15) is 4.79 Å². The lowest BCUT2D eigenvalue weighted by Crippen LogP contribution is -2.12. The molecule has 0 unspecified atom stereocenters. The first kappa shape index (κ1) is 14.4. The van der Waals surface area contributed by atoms with Gasteiger partial charge in [-0.1, -0.05) is 12.1 Å². The van der Waals surface area contributed by atoms with Gasteiger partial charge in [-0.2, -0.15) is 0 Å². The second-order valence-corrected chi connectivity index (χ2v) is 4.80. The number of carbonyl (C=O) groups is 1. The molecule has 1 aliphatic carbocycles. The zero-order valence-electron chi connectivity index (χ0n) is 11.7. The van der Waals surface area contributed by atoms with Gasteiger partial charge in [0.15, 0.2) is 11.5 Å². The Bertz CT molecular complexity index is 487. The summed E-state index contributed by atoms with van der Waals surface area (Å²) in [6.07, 6.45) is 7.32. The van der Waals surface area contributed by atoms with Crippen LogP contribution in [-0.2, 0) is 4.79 Å². The summed E-state index contributed by atoms with van der Waals surface area (Å²) < 4.78 is 11.6. The molecule has 108 valence electrons. The van der Waals surface area contributed by atoms with Crippen molar-refractivity contribution >= 4 is 12.0 Å². The van der Waals surface area contributed by atoms with Crippen molar-refractivity contribution in [2.45, 2.75) is 38.7 Å². The molecule has 1 saturated carbocycles. The van der Waals surface area contributed by atoms with Gasteiger partial charge in [-0.05, 0) is 44.7 Å². The van der Waals surface area contributed by atoms with Crippen molar-refractivity contribution in [1.29, 1.82) is 0 Å². The van der Waals surface area contributed by atoms with E-state index in [0.717, 1.165) is 24.5 Å². The zero-order chi connectivity index (χ0) is 14.4. The SMILES string of the molecule is CCOc1cccc(C=CC(=O)O)c1OC1CCCC1. The van der Waals surface area contributed by atoms with Crippen LogP contribution in [0.25, 0.3) is 6.08 Å². The fraction of sp³-hybridized carbons (Fsp3) is 0.438. The predicted molar refractivity (Wildman–Crippen MR) is 77.2 cm³/mol. The van der Waals surface area contributed by atoms with E-state index in [4.69, 9.17) is 14.6 Å². The van der Waals surface area contributed by atoms with Gasteiger partial charge in [0.1, 0.15) is 0 Å². The molecule has 0 saturated heterocycles. The second kappa shape index (κ2) is 6.98. The van der Waals surface area contributed by atoms with Crippen LogP contribution in [0.2, 0.25) is 0 Å². The molecule has 0 spiro atoms. The van der Waals surface area contributed by atoms with E-state index in [0.29, 0.717) is 18.1 Å². The lowest BCUT2D eigenvalue weighted by Gasteiger charge is -2.18. The number of hydrogen-bond donors (Lipinski definition) is 1. The van der Waals surface area contributed by atoms with E-state index >= 15 is 0 Å². The topological polar surface area (TPSA) is 55.8 Å². The van der Waals surface area contributed by atoms with Crippen LogP contribution in [0.1, 0.15) is 38.2 Å². The van der Waals surface area contributed by atoms with E-state index < -0.39 is 5.97 Å². The van der Waals surface area contributed by atoms with Gasteiger partial charge in [0.05, 0.1) is 12.7 Å². The molecule has 2 rings (SSSR count). The lowest BCUT2D eigenvalue weighted by molar-refractivity contribution is -0.131. The van der Waals surface area contributed by atoms with Crippen LogP contribution in [0.3, 0.4) is 0 Å². The average molecular weight is 276 g/mol. The molecule has 4 nitrogen and oxygen atoms in total. The number of hydrogen-bond acceptors (Lipinski definition) is 3. The van der Waals surface area contributed by atoms with E-state index in [1.807, 2.05) is 25.1 Å². The molecule has 0 radical (unpaired) electrons. The second-order valence-electron chi connectivity index (χ2n) is 4.80. The largest absolute Gasteiger partial charge is 0.490 e. The summed E-state index contributed by atoms with van der Waals surface area (Å²) >= 11 is 0. The summed E-state index contributed by atoms with van der Waals surface area (Å²) in [6, 6.07) is 5.53. The van der Waals surface area contributed by atoms with Gasteiger partial charge in [0.25, 0.3) is 0 Å². The highest BCUT2D eigenvalue weighted by molar-refractivity contribution is 5.86. The van der Waals surface area contributed by atoms with Crippen LogP contribution in [0, 0.1) is 0 Å². The van der Waals surface area contributed by atoms with Crippen molar-refractivity contribution in [1.82, 2.24) is 0 Å². The maximum Gasteiger partial charge on any atom is 0.328 e. The molecule has 0 aromatic heterocycles. The third kappa shape index (κ3) is 3.76. The molecule has 0 atom stereocenters. The number of para-hydroxylation sites is 1. The van der Waals surface area contributed by atoms with Crippen LogP contribution >= 0.6 is 0 Å². The molecule has 0 bridgehead atoms. The highest BCUT2D eigenvalue weighted by Gasteiger charge is 2.20. The first-order valence-electron chi connectivity index (χ1n) is 7.04. The van der Waals surface area contributed by atoms with Gasteiger partial charge < -0.3 is 14.6 Å². The summed E-state index contributed by atoms with van der Waals surface area (Å²) in [5.74, 6) is 0.351. The Morgan fingerprint density at radius 2 is 2.15 bits per heavy atom. The Morgan fingerprint density at radius 3 is 2.80 bits per heavy atom. The normalized spacial score (nSPS) is 15.7. The number of benzene rings is 1. The minimum atomic E-state index is -0.973. The van der Waals surface area contributed by atoms with Crippen molar-refractivity contribution in [3.05, 3.63) is 29.8 Å². The summed E-state index contributed by atoms with van der Waals surface area (Å²) in [5.41, 5.74) is 0.741. The average Bonchev–Trinajstić information content (AvgIpc) is 2.92. The van der Waals surface area contributed by atoms with Gasteiger partial charge >= 0.3 is 5.97 Å². The maximum atomic E-state index is 10.7. The van der Waals surface area contributed by atoms with Gasteiger partial charge in [-0.25, -0.2) is 4.79 Å². The molecule has 0 aliphatic heterocycles. The predicted octanol–water partition coefficient (Wildman–Crippen LogP) is 3.50. The van der Waals surface area contributed by atoms with Gasteiger partial charge in [0, 0.05) is 11.6 Å². The molecule has 20 heavy (non-hydrogen) atoms. The van der Waals surface area contributed by atoms with Crippen LogP contribution in [-0.4, -0.2) is 23.8 Å². The van der Waals surface area contributed by atoms with Crippen LogP contribution in [0.4, 0.5) is 0 Å². The third-order valence-corrected chi connectivity index (χ3v) is 3.30. The Hall–Kier alpha value is -1.97. The van der Waals surface area contributed by atoms with Crippen LogP contribution in [0.5, 0.6) is 11.5 Å². The van der Waals surface area contributed by atoms with Gasteiger partial charge in [-0.3, -0.25) is 0 Å². The van der Waals surface area contributed by atoms with Crippen molar-refractivity contribution in [2.75, 3.05) is 6.61 Å². The third-order valence-electron chi connectivity index (χ3n) is 3.30. The zero-order valence-corrected chi connectivity index (χ0v) is 11.7. The molecule has 1 aromatic carbocycles. The molecule has 1 aromatic rings. The van der Waals surface area contributed by atoms with Crippen molar-refractivity contribution in [3.63, 3.8) is 0 Å². The fourth-order valence-corrected chi connectivity index (χ4v) is 2.39. The summed E-state index contributed by atoms with van der Waals surface area (Å²) in [6.45, 7) is 2.46. The van der Waals surface area contributed by atoms with E-state index in [2.05, 4.69) is 0 Å². The fourth-order valence-electron chi connectivity index (χ4n) is 2.39. The molecule has 0 heterocycles. The molecule has 4 heteroatoms. The van der Waals surface area contributed by atoms with Crippen molar-refractivity contribution < 1.29 is 19.4 Å². The molecular formula is C16H20O4. The van der Waals surface area contributed by atoms with Crippen LogP contribution in [0.15, 0.2) is 24.3 Å². The van der Waals surface area contributed by atoms with Gasteiger partial charge in [-0.15, -0.1) is 0 Å². The molecular weight excluding hydrogens is 256 g/mol. The summed E-state index contributed by atoms with van der Waals surface area (Å²) in [5, 5.41) is 8.76. The van der Waals surface area contributed by atoms with Crippen molar-refractivity contribution in [2.24, 2.45) is 0 Å². The minimum absolute atomic E-state index is 0.202. The van der Waals surface area contributed by atoms with E-state index in [1.54, 1.807) is 6.08 Å². The smallest absolute Gasteiger partial charge is 0.328 e. The number of ether oxygens (including phenoxy) is 2. The van der Waals surface area contributed by atoms with E-state index in [-0.39, 0.29) is 6.10 Å². The Balaban J connectivity index is 2.28. The highest BCUT2D eigenvalue weighted by atomic mass is 16.5. The van der Waals surface area contributed by atoms with Crippen molar-refractivity contribution in [3.8, 4) is 11.5 Å². The van der Waals surface area contributed by atoms with Crippen LogP contribution < -0.4 is 9.47 Å². The molecule has 1 fully saturated rings. The quantitative estimate of drug-likeness (QED) is 0.808. The maximum absolute atomic E-state index is 10.7. The minimum Gasteiger partial charge on any atom is -0.490 e. The monoisotopic (exact) mass is 276 g/mol. The number of rotatable bonds is 6. The number of carboxylic acid groups (broad SMARTS) is 1. The molecule has 1 aliphatic rings. The Kier molecular flexibility index (Phi) is 5.04. The number of aliphatic carboxylic acids is 1. The summed E-state index contributed by atoms with van der Waals surface area (Å²) in [7, 11) is 0. The number of carboxylic acids is 1. The first-order valence-corrected chi connectivity index (χ1v) is 7.04. The molecule has 0 amide bonds. The Labute approximate surface area is 119 Å². The van der Waals surface area contributed by atoms with Gasteiger partial charge in [0.2, 0.25) is 0 Å².